The molecule has 1 amide bonds. The van der Waals surface area contributed by atoms with Gasteiger partial charge in [-0.15, -0.1) is 4.91 Å². The van der Waals surface area contributed by atoms with Gasteiger partial charge in [-0.05, 0) is 53.2 Å². The van der Waals surface area contributed by atoms with E-state index in [4.69, 9.17) is 0 Å². The summed E-state index contributed by atoms with van der Waals surface area (Å²) < 4.78 is 0. The molecule has 0 saturated carbocycles. The number of carboxylic acids is 1. The molecule has 0 fully saturated rings. The Hall–Kier alpha value is -6.29. The van der Waals surface area contributed by atoms with Gasteiger partial charge in [0, 0.05) is 16.5 Å². The van der Waals surface area contributed by atoms with Crippen LogP contribution in [0.3, 0.4) is 0 Å². The number of aliphatic carboxylic acids is 1. The Balaban J connectivity index is 1.22. The molecule has 208 valence electrons. The number of amides is 1. The first-order chi connectivity index (χ1) is 20.9. The fourth-order valence-corrected chi connectivity index (χ4v) is 4.86. The predicted octanol–water partition coefficient (Wildman–Crippen LogP) is 6.24. The molecule has 0 atom stereocenters. The molecule has 0 spiro atoms. The second-order valence-electron chi connectivity index (χ2n) is 9.53. The number of pyridine rings is 1. The number of carbonyl (C=O) groups excluding carboxylic acids is 2. The lowest BCUT2D eigenvalue weighted by molar-refractivity contribution is -0.129. The standard InChI is InChI=1S/C33H20N4O6/c38-30-22-16-15-19(17-24(22)31(39)27(30)29-26(36-43)18-20-10-7-8-14-25(20)34-29)9-3-1-6-13-23-28(33(41)42)35-37(32(23)40)21-11-4-2-5-12-21/h1-18,38H,(H,41,42)/b6-1+,9-3+,23-13-. The Morgan fingerprint density at radius 3 is 2.42 bits per heavy atom. The Kier molecular flexibility index (Phi) is 6.85. The Bertz CT molecular complexity index is 2020. The average Bonchev–Trinajstić information content (AvgIpc) is 3.49. The van der Waals surface area contributed by atoms with Gasteiger partial charge in [0.1, 0.15) is 17.1 Å². The maximum absolute atomic E-state index is 13.4. The van der Waals surface area contributed by atoms with Crippen molar-refractivity contribution < 1.29 is 24.6 Å². The molecule has 0 bridgehead atoms. The zero-order valence-corrected chi connectivity index (χ0v) is 22.2. The van der Waals surface area contributed by atoms with Gasteiger partial charge >= 0.3 is 5.97 Å². The first-order valence-electron chi connectivity index (χ1n) is 13.0. The summed E-state index contributed by atoms with van der Waals surface area (Å²) in [5, 5.41) is 29.2. The highest BCUT2D eigenvalue weighted by molar-refractivity contribution is 6.52. The van der Waals surface area contributed by atoms with Crippen molar-refractivity contribution >= 4 is 63.1 Å². The maximum Gasteiger partial charge on any atom is 0.357 e. The molecule has 0 saturated heterocycles. The molecule has 10 heteroatoms. The van der Waals surface area contributed by atoms with E-state index in [1.54, 1.807) is 91.0 Å². The fraction of sp³-hybridized carbons (Fsp3) is 0. The number of fused-ring (bicyclic) bond motifs is 2. The van der Waals surface area contributed by atoms with Crippen LogP contribution < -0.4 is 5.01 Å². The number of carbonyl (C=O) groups is 3. The third-order valence-corrected chi connectivity index (χ3v) is 6.90. The number of anilines is 1. The third kappa shape index (κ3) is 4.82. The van der Waals surface area contributed by atoms with E-state index in [9.17, 15) is 29.5 Å². The number of aliphatic hydroxyl groups is 1. The number of hydrogen-bond donors (Lipinski definition) is 2. The van der Waals surface area contributed by atoms with Crippen LogP contribution >= 0.6 is 0 Å². The van der Waals surface area contributed by atoms with Gasteiger partial charge in [-0.3, -0.25) is 9.59 Å². The SMILES string of the molecule is O=Nc1cc2ccccc2nc1C1=C(O)c2ccc(/C=C/C=C/C=C3\C(=O)N(c4ccccc4)N=C3C(=O)O)cc2C1=O. The van der Waals surface area contributed by atoms with Gasteiger partial charge in [-0.2, -0.15) is 10.1 Å². The number of ketones is 1. The topological polar surface area (TPSA) is 150 Å². The number of rotatable bonds is 7. The number of aliphatic hydroxyl groups excluding tert-OH is 1. The summed E-state index contributed by atoms with van der Waals surface area (Å²) in [6.45, 7) is 0. The first kappa shape index (κ1) is 26.9. The van der Waals surface area contributed by atoms with Crippen LogP contribution in [-0.4, -0.2) is 38.6 Å². The number of hydrogen-bond acceptors (Lipinski definition) is 8. The van der Waals surface area contributed by atoms with Crippen LogP contribution in [-0.2, 0) is 9.59 Å². The number of carboxylic acid groups (broad SMARTS) is 1. The lowest BCUT2D eigenvalue weighted by atomic mass is 10.0. The number of benzene rings is 3. The second kappa shape index (κ2) is 10.9. The molecular formula is C33H20N4O6. The van der Waals surface area contributed by atoms with E-state index < -0.39 is 17.7 Å². The number of para-hydroxylation sites is 2. The number of Topliss-reactive ketones (excluding diaryl/α,β-unsaturated/α-hetero) is 1. The van der Waals surface area contributed by atoms with Crippen molar-refractivity contribution in [2.75, 3.05) is 5.01 Å². The van der Waals surface area contributed by atoms with Crippen LogP contribution in [0.5, 0.6) is 0 Å². The summed E-state index contributed by atoms with van der Waals surface area (Å²) in [7, 11) is 0. The summed E-state index contributed by atoms with van der Waals surface area (Å²) >= 11 is 0. The molecule has 1 aromatic heterocycles. The number of nitrogens with zero attached hydrogens (tertiary/aromatic N) is 4. The Labute approximate surface area is 243 Å². The average molecular weight is 569 g/mol. The van der Waals surface area contributed by atoms with E-state index in [1.165, 1.54) is 18.2 Å². The Morgan fingerprint density at radius 2 is 1.65 bits per heavy atom. The van der Waals surface area contributed by atoms with Gasteiger partial charge in [-0.25, -0.2) is 9.78 Å². The second-order valence-corrected chi connectivity index (χ2v) is 9.53. The van der Waals surface area contributed by atoms with Crippen molar-refractivity contribution in [1.29, 1.82) is 0 Å². The highest BCUT2D eigenvalue weighted by Gasteiger charge is 2.35. The van der Waals surface area contributed by atoms with E-state index in [-0.39, 0.29) is 39.6 Å². The zero-order valence-electron chi connectivity index (χ0n) is 22.2. The molecule has 43 heavy (non-hydrogen) atoms. The number of allylic oxidation sites excluding steroid dienone is 5. The smallest absolute Gasteiger partial charge is 0.357 e. The van der Waals surface area contributed by atoms with Crippen LogP contribution in [0, 0.1) is 4.91 Å². The molecule has 4 aromatic rings. The number of nitroso groups, excluding NO2 is 1. The third-order valence-electron chi connectivity index (χ3n) is 6.90. The molecular weight excluding hydrogens is 548 g/mol. The van der Waals surface area contributed by atoms with Crippen LogP contribution in [0.4, 0.5) is 11.4 Å². The lowest BCUT2D eigenvalue weighted by Crippen LogP contribution is -2.22. The Morgan fingerprint density at radius 1 is 0.884 bits per heavy atom. The molecule has 10 nitrogen and oxygen atoms in total. The van der Waals surface area contributed by atoms with Gasteiger partial charge in [0.2, 0.25) is 0 Å². The molecule has 1 aliphatic heterocycles. The minimum absolute atomic E-state index is 0.0111. The van der Waals surface area contributed by atoms with E-state index in [0.29, 0.717) is 27.7 Å². The van der Waals surface area contributed by atoms with Crippen LogP contribution in [0.25, 0.3) is 28.3 Å². The molecule has 2 aliphatic rings. The minimum atomic E-state index is -1.32. The first-order valence-corrected chi connectivity index (χ1v) is 13.0. The molecule has 2 heterocycles. The van der Waals surface area contributed by atoms with Gasteiger partial charge in [0.05, 0.1) is 22.4 Å². The van der Waals surface area contributed by atoms with Crippen molar-refractivity contribution in [2.45, 2.75) is 0 Å². The van der Waals surface area contributed by atoms with Gasteiger partial charge in [0.25, 0.3) is 5.91 Å². The molecule has 3 aromatic carbocycles. The predicted molar refractivity (Wildman–Crippen MR) is 163 cm³/mol. The zero-order chi connectivity index (χ0) is 30.1. The van der Waals surface area contributed by atoms with Crippen molar-refractivity contribution in [3.8, 4) is 0 Å². The van der Waals surface area contributed by atoms with Crippen LogP contribution in [0.2, 0.25) is 0 Å². The maximum atomic E-state index is 13.4. The minimum Gasteiger partial charge on any atom is -0.506 e. The van der Waals surface area contributed by atoms with Crippen molar-refractivity contribution in [3.05, 3.63) is 136 Å². The van der Waals surface area contributed by atoms with Gasteiger partial charge in [0.15, 0.2) is 11.5 Å². The van der Waals surface area contributed by atoms with Crippen molar-refractivity contribution in [1.82, 2.24) is 4.98 Å². The summed E-state index contributed by atoms with van der Waals surface area (Å²) in [5.74, 6) is -2.66. The number of aromatic nitrogens is 1. The highest BCUT2D eigenvalue weighted by atomic mass is 16.4. The van der Waals surface area contributed by atoms with E-state index in [1.807, 2.05) is 0 Å². The van der Waals surface area contributed by atoms with Crippen molar-refractivity contribution in [2.24, 2.45) is 10.3 Å². The summed E-state index contributed by atoms with van der Waals surface area (Å²) in [5.41, 5.74) is 1.63. The van der Waals surface area contributed by atoms with Crippen molar-refractivity contribution in [3.63, 3.8) is 0 Å². The van der Waals surface area contributed by atoms with Gasteiger partial charge < -0.3 is 10.2 Å². The summed E-state index contributed by atoms with van der Waals surface area (Å²) in [6.07, 6.45) is 7.83. The molecule has 0 radical (unpaired) electrons. The number of hydrazone groups is 1. The van der Waals surface area contributed by atoms with Gasteiger partial charge in [-0.1, -0.05) is 66.8 Å². The van der Waals surface area contributed by atoms with Crippen LogP contribution in [0.15, 0.2) is 119 Å². The molecule has 1 aliphatic carbocycles. The quantitative estimate of drug-likeness (QED) is 0.152. The highest BCUT2D eigenvalue weighted by Crippen LogP contribution is 2.40. The van der Waals surface area contributed by atoms with E-state index in [0.717, 1.165) is 5.01 Å². The molecule has 2 N–H and O–H groups in total. The van der Waals surface area contributed by atoms with E-state index in [2.05, 4.69) is 15.3 Å². The van der Waals surface area contributed by atoms with E-state index >= 15 is 0 Å². The van der Waals surface area contributed by atoms with Crippen LogP contribution in [0.1, 0.15) is 27.2 Å². The molecule has 0 unspecified atom stereocenters. The lowest BCUT2D eigenvalue weighted by Gasteiger charge is -2.10. The monoisotopic (exact) mass is 568 g/mol. The molecule has 6 rings (SSSR count). The summed E-state index contributed by atoms with van der Waals surface area (Å²) in [4.78, 5) is 54.0. The fourth-order valence-electron chi connectivity index (χ4n) is 4.86. The largest absolute Gasteiger partial charge is 0.506 e. The normalized spacial score (nSPS) is 15.8. The summed E-state index contributed by atoms with van der Waals surface area (Å²) in [6, 6.07) is 22.0.